The van der Waals surface area contributed by atoms with E-state index in [1.165, 1.54) is 109 Å². The van der Waals surface area contributed by atoms with Crippen molar-refractivity contribution in [1.82, 2.24) is 0 Å². The first-order valence-corrected chi connectivity index (χ1v) is 18.7. The summed E-state index contributed by atoms with van der Waals surface area (Å²) in [6, 6.07) is 76.4. The maximum atomic E-state index is 2.44. The second-order valence-electron chi connectivity index (χ2n) is 14.5. The molecule has 0 aliphatic rings. The molecule has 0 heterocycles. The molecular weight excluding hydrogens is 649 g/mol. The van der Waals surface area contributed by atoms with Crippen molar-refractivity contribution in [3.8, 4) is 44.5 Å². The molecule has 11 aromatic carbocycles. The third-order valence-corrected chi connectivity index (χ3v) is 11.4. The Morgan fingerprint density at radius 2 is 0.574 bits per heavy atom. The Labute approximate surface area is 314 Å². The van der Waals surface area contributed by atoms with Gasteiger partial charge in [0.1, 0.15) is 0 Å². The van der Waals surface area contributed by atoms with Crippen LogP contribution in [0.15, 0.2) is 206 Å². The van der Waals surface area contributed by atoms with E-state index in [-0.39, 0.29) is 0 Å². The zero-order valence-electron chi connectivity index (χ0n) is 29.6. The summed E-state index contributed by atoms with van der Waals surface area (Å²) < 4.78 is 0. The van der Waals surface area contributed by atoms with Crippen LogP contribution in [0.1, 0.15) is 0 Å². The van der Waals surface area contributed by atoms with E-state index in [1.807, 2.05) is 0 Å². The fourth-order valence-corrected chi connectivity index (χ4v) is 8.71. The summed E-state index contributed by atoms with van der Waals surface area (Å²) in [7, 11) is 0. The van der Waals surface area contributed by atoms with E-state index in [0.717, 1.165) is 0 Å². The highest BCUT2D eigenvalue weighted by molar-refractivity contribution is 6.24. The summed E-state index contributed by atoms with van der Waals surface area (Å²) in [5.41, 5.74) is 9.85. The van der Waals surface area contributed by atoms with E-state index in [1.54, 1.807) is 0 Å². The molecule has 0 aromatic heterocycles. The van der Waals surface area contributed by atoms with Crippen LogP contribution in [0.25, 0.3) is 109 Å². The van der Waals surface area contributed by atoms with E-state index in [0.29, 0.717) is 0 Å². The van der Waals surface area contributed by atoms with Crippen LogP contribution in [-0.4, -0.2) is 0 Å². The van der Waals surface area contributed by atoms with Gasteiger partial charge in [-0.25, -0.2) is 0 Å². The van der Waals surface area contributed by atoms with Crippen LogP contribution >= 0.6 is 0 Å². The predicted octanol–water partition coefficient (Wildman–Crippen LogP) is 15.3. The van der Waals surface area contributed by atoms with Crippen molar-refractivity contribution in [2.45, 2.75) is 0 Å². The molecule has 11 rings (SSSR count). The molecule has 0 atom stereocenters. The van der Waals surface area contributed by atoms with Crippen LogP contribution in [0.5, 0.6) is 0 Å². The summed E-state index contributed by atoms with van der Waals surface area (Å²) >= 11 is 0. The Morgan fingerprint density at radius 1 is 0.167 bits per heavy atom. The molecule has 0 unspecified atom stereocenters. The van der Waals surface area contributed by atoms with Crippen molar-refractivity contribution in [3.05, 3.63) is 206 Å². The Kier molecular flexibility index (Phi) is 6.97. The van der Waals surface area contributed by atoms with Crippen molar-refractivity contribution in [2.75, 3.05) is 0 Å². The van der Waals surface area contributed by atoms with Gasteiger partial charge in [-0.05, 0) is 146 Å². The van der Waals surface area contributed by atoms with Crippen LogP contribution < -0.4 is 0 Å². The van der Waals surface area contributed by atoms with Crippen molar-refractivity contribution in [1.29, 1.82) is 0 Å². The van der Waals surface area contributed by atoms with E-state index < -0.39 is 0 Å². The summed E-state index contributed by atoms with van der Waals surface area (Å²) in [5, 5.41) is 15.1. The van der Waals surface area contributed by atoms with Crippen LogP contribution in [0.4, 0.5) is 0 Å². The molecule has 0 spiro atoms. The molecule has 0 saturated carbocycles. The van der Waals surface area contributed by atoms with E-state index >= 15 is 0 Å². The highest BCUT2D eigenvalue weighted by Gasteiger charge is 2.19. The lowest BCUT2D eigenvalue weighted by molar-refractivity contribution is 1.63. The Bertz CT molecular complexity index is 3240. The molecule has 11 aromatic rings. The lowest BCUT2D eigenvalue weighted by Gasteiger charge is -2.20. The first kappa shape index (κ1) is 30.6. The smallest absolute Gasteiger partial charge is 0.00259 e. The normalized spacial score (nSPS) is 11.7. The first-order chi connectivity index (χ1) is 26.7. The highest BCUT2D eigenvalue weighted by atomic mass is 14.2. The van der Waals surface area contributed by atoms with E-state index in [9.17, 15) is 0 Å². The molecule has 0 heteroatoms. The molecule has 0 aliphatic heterocycles. The van der Waals surface area contributed by atoms with Crippen LogP contribution in [0.3, 0.4) is 0 Å². The van der Waals surface area contributed by atoms with Gasteiger partial charge in [-0.3, -0.25) is 0 Å². The molecule has 0 fully saturated rings. The minimum atomic E-state index is 1.21. The molecule has 0 saturated heterocycles. The molecule has 0 aliphatic carbocycles. The van der Waals surface area contributed by atoms with E-state index in [4.69, 9.17) is 0 Å². The van der Waals surface area contributed by atoms with Gasteiger partial charge in [0.15, 0.2) is 0 Å². The van der Waals surface area contributed by atoms with Crippen LogP contribution in [0, 0.1) is 0 Å². The number of hydrogen-bond acceptors (Lipinski definition) is 0. The molecule has 0 radical (unpaired) electrons. The Morgan fingerprint density at radius 3 is 1.19 bits per heavy atom. The number of hydrogen-bond donors (Lipinski definition) is 0. The van der Waals surface area contributed by atoms with Gasteiger partial charge in [-0.2, -0.15) is 0 Å². The highest BCUT2D eigenvalue weighted by Crippen LogP contribution is 2.47. The van der Waals surface area contributed by atoms with Gasteiger partial charge in [0.05, 0.1) is 0 Å². The first-order valence-electron chi connectivity index (χ1n) is 18.7. The van der Waals surface area contributed by atoms with Crippen LogP contribution in [0.2, 0.25) is 0 Å². The van der Waals surface area contributed by atoms with Gasteiger partial charge in [-0.15, -0.1) is 0 Å². The molecule has 0 N–H and O–H groups in total. The van der Waals surface area contributed by atoms with E-state index in [2.05, 4.69) is 206 Å². The number of rotatable bonds is 4. The van der Waals surface area contributed by atoms with Gasteiger partial charge in [0.2, 0.25) is 0 Å². The van der Waals surface area contributed by atoms with Gasteiger partial charge in [0.25, 0.3) is 0 Å². The second kappa shape index (κ2) is 12.3. The van der Waals surface area contributed by atoms with Gasteiger partial charge in [-0.1, -0.05) is 170 Å². The zero-order valence-corrected chi connectivity index (χ0v) is 29.6. The third kappa shape index (κ3) is 4.99. The quantitative estimate of drug-likeness (QED) is 0.128. The molecule has 0 bridgehead atoms. The van der Waals surface area contributed by atoms with Crippen molar-refractivity contribution >= 4 is 64.6 Å². The van der Waals surface area contributed by atoms with Gasteiger partial charge < -0.3 is 0 Å². The minimum Gasteiger partial charge on any atom is -0.0622 e. The minimum absolute atomic E-state index is 1.21. The largest absolute Gasteiger partial charge is 0.0622 e. The van der Waals surface area contributed by atoms with Gasteiger partial charge in [0, 0.05) is 0 Å². The van der Waals surface area contributed by atoms with Crippen molar-refractivity contribution < 1.29 is 0 Å². The predicted molar refractivity (Wildman–Crippen MR) is 233 cm³/mol. The molecule has 250 valence electrons. The fourth-order valence-electron chi connectivity index (χ4n) is 8.71. The number of fused-ring (bicyclic) bond motifs is 7. The topological polar surface area (TPSA) is 0 Å². The third-order valence-electron chi connectivity index (χ3n) is 11.4. The average molecular weight is 683 g/mol. The fraction of sp³-hybridized carbons (Fsp3) is 0. The lowest BCUT2D eigenvalue weighted by atomic mass is 9.83. The van der Waals surface area contributed by atoms with Gasteiger partial charge >= 0.3 is 0 Å². The molecule has 0 amide bonds. The second-order valence-corrected chi connectivity index (χ2v) is 14.5. The summed E-state index contributed by atoms with van der Waals surface area (Å²) in [5.74, 6) is 0. The molecule has 0 nitrogen and oxygen atoms in total. The summed E-state index contributed by atoms with van der Waals surface area (Å²) in [6.45, 7) is 0. The Hall–Kier alpha value is -7.02. The standard InChI is InChI=1S/C54H34/c1-3-11-35(12-4-1)42-26-28-48-51(32-42)53(45-23-19-37-15-7-8-16-39(37)30-45)47-27-25-43(36-13-5-2-6-14-36)33-52(47)54(48)46-24-21-38-20-22-44-29-40-17-9-10-18-41(40)31-50(44)49(38)34-46/h1-34H. The lowest BCUT2D eigenvalue weighted by Crippen LogP contribution is -1.93. The van der Waals surface area contributed by atoms with Crippen molar-refractivity contribution in [3.63, 3.8) is 0 Å². The zero-order chi connectivity index (χ0) is 35.6. The monoisotopic (exact) mass is 682 g/mol. The van der Waals surface area contributed by atoms with Crippen LogP contribution in [-0.2, 0) is 0 Å². The Balaban J connectivity index is 1.28. The number of benzene rings is 11. The average Bonchev–Trinajstić information content (AvgIpc) is 3.24. The maximum absolute atomic E-state index is 2.44. The summed E-state index contributed by atoms with van der Waals surface area (Å²) in [6.07, 6.45) is 0. The SMILES string of the molecule is c1ccc(-c2ccc3c(-c4ccc5ccc6cc7ccccc7cc6c5c4)c4cc(-c5ccccc5)ccc4c(-c4ccc5ccccc5c4)c3c2)cc1. The molecule has 54 heavy (non-hydrogen) atoms. The molecular formula is C54H34. The maximum Gasteiger partial charge on any atom is -0.00259 e. The summed E-state index contributed by atoms with van der Waals surface area (Å²) in [4.78, 5) is 0. The van der Waals surface area contributed by atoms with Crippen molar-refractivity contribution in [2.24, 2.45) is 0 Å².